The van der Waals surface area contributed by atoms with Crippen molar-refractivity contribution in [3.8, 4) is 5.69 Å². The van der Waals surface area contributed by atoms with Gasteiger partial charge in [0.25, 0.3) is 5.91 Å². The van der Waals surface area contributed by atoms with E-state index in [1.54, 1.807) is 23.4 Å². The number of aromatic nitrogens is 2. The third-order valence-electron chi connectivity index (χ3n) is 7.03. The van der Waals surface area contributed by atoms with Gasteiger partial charge in [-0.3, -0.25) is 14.6 Å². The van der Waals surface area contributed by atoms with Gasteiger partial charge in [0, 0.05) is 46.9 Å². The summed E-state index contributed by atoms with van der Waals surface area (Å²) >= 11 is 0. The Hall–Kier alpha value is -3.06. The van der Waals surface area contributed by atoms with Crippen LogP contribution in [-0.4, -0.2) is 50.8 Å². The fourth-order valence-corrected chi connectivity index (χ4v) is 5.54. The van der Waals surface area contributed by atoms with Gasteiger partial charge in [0.05, 0.1) is 23.0 Å². The lowest BCUT2D eigenvalue weighted by molar-refractivity contribution is 0.0643. The normalized spacial score (nSPS) is 18.4. The van der Waals surface area contributed by atoms with Crippen molar-refractivity contribution in [1.82, 2.24) is 19.8 Å². The summed E-state index contributed by atoms with van der Waals surface area (Å²) in [5, 5.41) is 4.22. The van der Waals surface area contributed by atoms with E-state index in [2.05, 4.69) is 17.2 Å². The number of halogens is 1. The number of amides is 1. The predicted octanol–water partition coefficient (Wildman–Crippen LogP) is 5.30. The smallest absolute Gasteiger partial charge is 0.256 e. The summed E-state index contributed by atoms with van der Waals surface area (Å²) in [6, 6.07) is 6.32. The molecule has 2 aromatic heterocycles. The minimum Gasteiger partial charge on any atom is -0.334 e. The van der Waals surface area contributed by atoms with Gasteiger partial charge >= 0.3 is 0 Å². The molecule has 6 nitrogen and oxygen atoms in total. The highest BCUT2D eigenvalue weighted by Gasteiger charge is 2.31. The minimum atomic E-state index is -0.475. The molecule has 3 heterocycles. The molecule has 1 aliphatic heterocycles. The van der Waals surface area contributed by atoms with E-state index in [0.717, 1.165) is 36.0 Å². The number of carbonyl (C=O) groups excluding carboxylic acids is 2. The molecule has 1 amide bonds. The first kappa shape index (κ1) is 25.0. The standard InChI is InChI=1S/C28H35FN4O2/c1-16(2)32(17(3)4)28(35)23-14-21(29)7-8-24(23)33-19(6)26(22-10-11-30-15-25(22)33)27(34)20-9-12-31-18(5)13-20/h7-8,10-11,14-18,20,31H,9,12-13H2,1-6H3/t18-,20+/m0/s1. The van der Waals surface area contributed by atoms with E-state index in [0.29, 0.717) is 11.3 Å². The molecule has 1 saturated heterocycles. The molecule has 7 heteroatoms. The van der Waals surface area contributed by atoms with Gasteiger partial charge in [-0.25, -0.2) is 4.39 Å². The summed E-state index contributed by atoms with van der Waals surface area (Å²) in [6.07, 6.45) is 4.97. The number of rotatable bonds is 6. The van der Waals surface area contributed by atoms with Crippen LogP contribution in [0.4, 0.5) is 4.39 Å². The first-order chi connectivity index (χ1) is 16.6. The first-order valence-electron chi connectivity index (χ1n) is 12.5. The molecule has 2 atom stereocenters. The first-order valence-corrected chi connectivity index (χ1v) is 12.5. The van der Waals surface area contributed by atoms with Crippen molar-refractivity contribution in [3.63, 3.8) is 0 Å². The third-order valence-corrected chi connectivity index (χ3v) is 7.03. The molecule has 4 rings (SSSR count). The lowest BCUT2D eigenvalue weighted by Crippen LogP contribution is -2.42. The predicted molar refractivity (Wildman–Crippen MR) is 137 cm³/mol. The summed E-state index contributed by atoms with van der Waals surface area (Å²) < 4.78 is 16.4. The zero-order valence-corrected chi connectivity index (χ0v) is 21.4. The topological polar surface area (TPSA) is 67.2 Å². The molecule has 0 saturated carbocycles. The van der Waals surface area contributed by atoms with Crippen molar-refractivity contribution in [3.05, 3.63) is 59.3 Å². The molecule has 0 radical (unpaired) electrons. The van der Waals surface area contributed by atoms with Crippen LogP contribution in [0.15, 0.2) is 36.7 Å². The summed E-state index contributed by atoms with van der Waals surface area (Å²) in [7, 11) is 0. The van der Waals surface area contributed by atoms with E-state index in [9.17, 15) is 14.0 Å². The second-order valence-corrected chi connectivity index (χ2v) is 10.2. The van der Waals surface area contributed by atoms with Gasteiger partial charge in [-0.1, -0.05) is 0 Å². The van der Waals surface area contributed by atoms with Gasteiger partial charge in [0.1, 0.15) is 5.82 Å². The van der Waals surface area contributed by atoms with Crippen LogP contribution < -0.4 is 5.32 Å². The van der Waals surface area contributed by atoms with Gasteiger partial charge in [-0.2, -0.15) is 0 Å². The van der Waals surface area contributed by atoms with Crippen molar-refractivity contribution >= 4 is 22.6 Å². The molecular weight excluding hydrogens is 443 g/mol. The average Bonchev–Trinajstić information content (AvgIpc) is 3.09. The monoisotopic (exact) mass is 478 g/mol. The molecule has 1 N–H and O–H groups in total. The van der Waals surface area contributed by atoms with Crippen LogP contribution in [0, 0.1) is 18.7 Å². The number of ketones is 1. The largest absolute Gasteiger partial charge is 0.334 e. The lowest BCUT2D eigenvalue weighted by Gasteiger charge is -2.31. The number of hydrogen-bond acceptors (Lipinski definition) is 4. The van der Waals surface area contributed by atoms with Crippen LogP contribution in [0.2, 0.25) is 0 Å². The van der Waals surface area contributed by atoms with Crippen LogP contribution in [-0.2, 0) is 0 Å². The number of benzene rings is 1. The molecule has 1 fully saturated rings. The molecule has 0 unspecified atom stereocenters. The Morgan fingerprint density at radius 1 is 1.17 bits per heavy atom. The Balaban J connectivity index is 1.92. The van der Waals surface area contributed by atoms with Gasteiger partial charge in [-0.15, -0.1) is 0 Å². The Kier molecular flexibility index (Phi) is 7.08. The van der Waals surface area contributed by atoms with Crippen LogP contribution in [0.25, 0.3) is 16.6 Å². The van der Waals surface area contributed by atoms with Gasteiger partial charge in [0.2, 0.25) is 0 Å². The fourth-order valence-electron chi connectivity index (χ4n) is 5.54. The van der Waals surface area contributed by atoms with Crippen molar-refractivity contribution in [2.75, 3.05) is 6.54 Å². The molecule has 1 aliphatic rings. The number of fused-ring (bicyclic) bond motifs is 1. The zero-order valence-electron chi connectivity index (χ0n) is 21.4. The fraction of sp³-hybridized carbons (Fsp3) is 0.464. The maximum Gasteiger partial charge on any atom is 0.256 e. The number of nitrogens with zero attached hydrogens (tertiary/aromatic N) is 3. The highest BCUT2D eigenvalue weighted by Crippen LogP contribution is 2.34. The number of piperidine rings is 1. The second-order valence-electron chi connectivity index (χ2n) is 10.2. The van der Waals surface area contributed by atoms with Crippen molar-refractivity contribution in [1.29, 1.82) is 0 Å². The maximum atomic E-state index is 14.5. The molecule has 186 valence electrons. The Labute approximate surface area is 206 Å². The van der Waals surface area contributed by atoms with Gasteiger partial charge in [0.15, 0.2) is 5.78 Å². The minimum absolute atomic E-state index is 0.0539. The van der Waals surface area contributed by atoms with Crippen LogP contribution in [0.1, 0.15) is 73.9 Å². The summed E-state index contributed by atoms with van der Waals surface area (Å²) in [6.45, 7) is 12.6. The van der Waals surface area contributed by atoms with Crippen LogP contribution in [0.3, 0.4) is 0 Å². The summed E-state index contributed by atoms with van der Waals surface area (Å²) in [4.78, 5) is 33.5. The van der Waals surface area contributed by atoms with Crippen LogP contribution in [0.5, 0.6) is 0 Å². The number of carbonyl (C=O) groups is 2. The number of Topliss-reactive ketones (excluding diaryl/α,β-unsaturated/α-hetero) is 1. The van der Waals surface area contributed by atoms with E-state index < -0.39 is 5.82 Å². The number of pyridine rings is 1. The van der Waals surface area contributed by atoms with Crippen molar-refractivity contribution in [2.24, 2.45) is 5.92 Å². The molecule has 35 heavy (non-hydrogen) atoms. The van der Waals surface area contributed by atoms with Crippen LogP contribution >= 0.6 is 0 Å². The molecule has 0 bridgehead atoms. The quantitative estimate of drug-likeness (QED) is 0.488. The van der Waals surface area contributed by atoms with E-state index >= 15 is 0 Å². The number of nitrogens with one attached hydrogen (secondary N) is 1. The summed E-state index contributed by atoms with van der Waals surface area (Å²) in [5.74, 6) is -0.665. The number of hydrogen-bond donors (Lipinski definition) is 1. The Morgan fingerprint density at radius 3 is 2.54 bits per heavy atom. The zero-order chi connectivity index (χ0) is 25.4. The maximum absolute atomic E-state index is 14.5. The molecule has 0 spiro atoms. The average molecular weight is 479 g/mol. The van der Waals surface area contributed by atoms with E-state index in [-0.39, 0.29) is 41.3 Å². The highest BCUT2D eigenvalue weighted by molar-refractivity contribution is 6.11. The lowest BCUT2D eigenvalue weighted by atomic mass is 9.86. The molecule has 0 aliphatic carbocycles. The van der Waals surface area contributed by atoms with E-state index in [4.69, 9.17) is 0 Å². The molecule has 3 aromatic rings. The second kappa shape index (κ2) is 9.90. The van der Waals surface area contributed by atoms with Gasteiger partial charge < -0.3 is 14.8 Å². The van der Waals surface area contributed by atoms with E-state index in [1.165, 1.54) is 12.1 Å². The van der Waals surface area contributed by atoms with Crippen molar-refractivity contribution < 1.29 is 14.0 Å². The summed E-state index contributed by atoms with van der Waals surface area (Å²) in [5.41, 5.74) is 2.96. The SMILES string of the molecule is Cc1c(C(=O)[C@@H]2CCN[C@@H](C)C2)c2ccncc2n1-c1ccc(F)cc1C(=O)N(C(C)C)C(C)C. The highest BCUT2D eigenvalue weighted by atomic mass is 19.1. The molecular formula is C28H35FN4O2. The Morgan fingerprint density at radius 2 is 1.89 bits per heavy atom. The Bertz CT molecular complexity index is 1260. The third kappa shape index (κ3) is 4.61. The van der Waals surface area contributed by atoms with Gasteiger partial charge in [-0.05, 0) is 85.2 Å². The van der Waals surface area contributed by atoms with E-state index in [1.807, 2.05) is 45.3 Å². The molecule has 1 aromatic carbocycles. The van der Waals surface area contributed by atoms with Crippen molar-refractivity contribution in [2.45, 2.75) is 72.5 Å².